The van der Waals surface area contributed by atoms with Crippen molar-refractivity contribution < 1.29 is 0 Å². The van der Waals surface area contributed by atoms with E-state index >= 15 is 0 Å². The smallest absolute Gasteiger partial charge is 0.0398 e. The van der Waals surface area contributed by atoms with Crippen molar-refractivity contribution in [2.75, 3.05) is 26.2 Å². The first kappa shape index (κ1) is 17.4. The van der Waals surface area contributed by atoms with E-state index in [4.69, 9.17) is 0 Å². The standard InChI is InChI=1S/C13H19N3.2ClH/c1-2-4-13(12-5-3-6-15-11-12)16-9-7-14-8-10-16;;/h2-3,5-6,11,13-14H,1,4,7-10H2;2*1H/t13-;;/m1../s1. The normalized spacial score (nSPS) is 17.1. The first-order valence-electron chi connectivity index (χ1n) is 5.87. The Bertz CT molecular complexity index is 326. The molecule has 5 heteroatoms. The summed E-state index contributed by atoms with van der Waals surface area (Å²) in [4.78, 5) is 6.72. The van der Waals surface area contributed by atoms with Crippen LogP contribution in [0.2, 0.25) is 0 Å². The Labute approximate surface area is 121 Å². The molecule has 0 aliphatic carbocycles. The number of nitrogens with zero attached hydrogens (tertiary/aromatic N) is 2. The van der Waals surface area contributed by atoms with Crippen LogP contribution < -0.4 is 5.32 Å². The molecule has 3 nitrogen and oxygen atoms in total. The summed E-state index contributed by atoms with van der Waals surface area (Å²) in [6, 6.07) is 4.60. The minimum absolute atomic E-state index is 0. The van der Waals surface area contributed by atoms with Crippen molar-refractivity contribution in [3.63, 3.8) is 0 Å². The minimum atomic E-state index is 0. The van der Waals surface area contributed by atoms with E-state index < -0.39 is 0 Å². The van der Waals surface area contributed by atoms with Gasteiger partial charge in [-0.1, -0.05) is 12.1 Å². The third kappa shape index (κ3) is 4.58. The molecule has 1 aromatic rings. The van der Waals surface area contributed by atoms with Crippen LogP contribution in [-0.4, -0.2) is 36.1 Å². The highest BCUT2D eigenvalue weighted by Gasteiger charge is 2.20. The van der Waals surface area contributed by atoms with Crippen LogP contribution in [0.25, 0.3) is 0 Å². The van der Waals surface area contributed by atoms with Gasteiger partial charge in [-0.25, -0.2) is 0 Å². The van der Waals surface area contributed by atoms with Gasteiger partial charge in [0.15, 0.2) is 0 Å². The molecule has 0 unspecified atom stereocenters. The molecule has 1 aliphatic heterocycles. The maximum absolute atomic E-state index is 4.21. The zero-order chi connectivity index (χ0) is 11.2. The third-order valence-corrected chi connectivity index (χ3v) is 3.05. The summed E-state index contributed by atoms with van der Waals surface area (Å²) >= 11 is 0. The quantitative estimate of drug-likeness (QED) is 0.863. The molecule has 0 spiro atoms. The Morgan fingerprint density at radius 1 is 1.39 bits per heavy atom. The summed E-state index contributed by atoms with van der Waals surface area (Å²) in [6.07, 6.45) is 6.79. The van der Waals surface area contributed by atoms with Gasteiger partial charge in [0.05, 0.1) is 0 Å². The molecule has 0 amide bonds. The predicted octanol–water partition coefficient (Wildman–Crippen LogP) is 2.45. The van der Waals surface area contributed by atoms with Gasteiger partial charge in [-0.15, -0.1) is 31.4 Å². The molecule has 0 aromatic carbocycles. The van der Waals surface area contributed by atoms with Gasteiger partial charge in [0.1, 0.15) is 0 Å². The highest BCUT2D eigenvalue weighted by atomic mass is 35.5. The van der Waals surface area contributed by atoms with E-state index in [2.05, 4.69) is 27.8 Å². The second-order valence-electron chi connectivity index (χ2n) is 4.11. The average molecular weight is 290 g/mol. The number of hydrogen-bond acceptors (Lipinski definition) is 3. The van der Waals surface area contributed by atoms with Crippen molar-refractivity contribution in [2.45, 2.75) is 12.5 Å². The van der Waals surface area contributed by atoms with Gasteiger partial charge in [0, 0.05) is 44.6 Å². The first-order valence-corrected chi connectivity index (χ1v) is 5.87. The lowest BCUT2D eigenvalue weighted by Gasteiger charge is -2.34. The van der Waals surface area contributed by atoms with E-state index in [1.807, 2.05) is 24.5 Å². The molecular formula is C13H21Cl2N3. The van der Waals surface area contributed by atoms with E-state index in [-0.39, 0.29) is 24.8 Å². The van der Waals surface area contributed by atoms with Gasteiger partial charge in [0.2, 0.25) is 0 Å². The van der Waals surface area contributed by atoms with Crippen LogP contribution >= 0.6 is 24.8 Å². The highest BCUT2D eigenvalue weighted by Crippen LogP contribution is 2.23. The van der Waals surface area contributed by atoms with Crippen LogP contribution in [0, 0.1) is 0 Å². The van der Waals surface area contributed by atoms with E-state index in [0.717, 1.165) is 32.6 Å². The Balaban J connectivity index is 0.00000144. The lowest BCUT2D eigenvalue weighted by atomic mass is 10.0. The molecule has 1 saturated heterocycles. The highest BCUT2D eigenvalue weighted by molar-refractivity contribution is 5.85. The van der Waals surface area contributed by atoms with Crippen molar-refractivity contribution in [3.05, 3.63) is 42.7 Å². The van der Waals surface area contributed by atoms with Crippen LogP contribution in [0.15, 0.2) is 37.2 Å². The molecule has 102 valence electrons. The SMILES string of the molecule is C=CC[C@H](c1cccnc1)N1CCNCC1.Cl.Cl. The number of hydrogen-bond donors (Lipinski definition) is 1. The molecule has 1 fully saturated rings. The van der Waals surface area contributed by atoms with Crippen molar-refractivity contribution in [1.82, 2.24) is 15.2 Å². The maximum Gasteiger partial charge on any atom is 0.0398 e. The van der Waals surface area contributed by atoms with Gasteiger partial charge in [-0.05, 0) is 18.1 Å². The Kier molecular flexibility index (Phi) is 9.02. The van der Waals surface area contributed by atoms with E-state index in [1.54, 1.807) is 0 Å². The molecule has 2 heterocycles. The van der Waals surface area contributed by atoms with Crippen molar-refractivity contribution in [1.29, 1.82) is 0 Å². The number of rotatable bonds is 4. The van der Waals surface area contributed by atoms with Crippen LogP contribution in [-0.2, 0) is 0 Å². The fourth-order valence-electron chi connectivity index (χ4n) is 2.22. The number of halogens is 2. The second kappa shape index (κ2) is 9.34. The summed E-state index contributed by atoms with van der Waals surface area (Å²) in [5.41, 5.74) is 1.30. The van der Waals surface area contributed by atoms with Crippen LogP contribution in [0.1, 0.15) is 18.0 Å². The monoisotopic (exact) mass is 289 g/mol. The van der Waals surface area contributed by atoms with Gasteiger partial charge >= 0.3 is 0 Å². The van der Waals surface area contributed by atoms with Crippen LogP contribution in [0.4, 0.5) is 0 Å². The lowest BCUT2D eigenvalue weighted by Crippen LogP contribution is -2.45. The van der Waals surface area contributed by atoms with E-state index in [0.29, 0.717) is 6.04 Å². The summed E-state index contributed by atoms with van der Waals surface area (Å²) in [5.74, 6) is 0. The largest absolute Gasteiger partial charge is 0.314 e. The zero-order valence-corrected chi connectivity index (χ0v) is 12.1. The summed E-state index contributed by atoms with van der Waals surface area (Å²) in [5, 5.41) is 3.38. The Morgan fingerprint density at radius 2 is 2.11 bits per heavy atom. The Morgan fingerprint density at radius 3 is 2.67 bits per heavy atom. The van der Waals surface area contributed by atoms with Gasteiger partial charge in [-0.2, -0.15) is 0 Å². The zero-order valence-electron chi connectivity index (χ0n) is 10.4. The molecule has 0 radical (unpaired) electrons. The fraction of sp³-hybridized carbons (Fsp3) is 0.462. The first-order chi connectivity index (χ1) is 7.92. The fourth-order valence-corrected chi connectivity index (χ4v) is 2.22. The summed E-state index contributed by atoms with van der Waals surface area (Å²) in [6.45, 7) is 8.22. The number of nitrogens with one attached hydrogen (secondary N) is 1. The van der Waals surface area contributed by atoms with Crippen molar-refractivity contribution >= 4 is 24.8 Å². The number of piperazine rings is 1. The molecule has 1 atom stereocenters. The topological polar surface area (TPSA) is 28.2 Å². The molecule has 1 aromatic heterocycles. The van der Waals surface area contributed by atoms with Crippen LogP contribution in [0.5, 0.6) is 0 Å². The third-order valence-electron chi connectivity index (χ3n) is 3.05. The van der Waals surface area contributed by atoms with Gasteiger partial charge < -0.3 is 5.32 Å². The molecule has 0 saturated carbocycles. The van der Waals surface area contributed by atoms with E-state index in [9.17, 15) is 0 Å². The molecule has 18 heavy (non-hydrogen) atoms. The minimum Gasteiger partial charge on any atom is -0.314 e. The Hall–Kier alpha value is -0.610. The van der Waals surface area contributed by atoms with Crippen molar-refractivity contribution in [3.8, 4) is 0 Å². The van der Waals surface area contributed by atoms with Gasteiger partial charge in [-0.3, -0.25) is 9.88 Å². The molecule has 0 bridgehead atoms. The van der Waals surface area contributed by atoms with Gasteiger partial charge in [0.25, 0.3) is 0 Å². The maximum atomic E-state index is 4.21. The molecule has 1 aliphatic rings. The predicted molar refractivity (Wildman–Crippen MR) is 80.7 cm³/mol. The molecule has 1 N–H and O–H groups in total. The summed E-state index contributed by atoms with van der Waals surface area (Å²) < 4.78 is 0. The number of pyridine rings is 1. The van der Waals surface area contributed by atoms with Crippen LogP contribution in [0.3, 0.4) is 0 Å². The molecular weight excluding hydrogens is 269 g/mol. The van der Waals surface area contributed by atoms with Crippen molar-refractivity contribution in [2.24, 2.45) is 0 Å². The molecule has 2 rings (SSSR count). The second-order valence-corrected chi connectivity index (χ2v) is 4.11. The summed E-state index contributed by atoms with van der Waals surface area (Å²) in [7, 11) is 0. The van der Waals surface area contributed by atoms with E-state index in [1.165, 1.54) is 5.56 Å². The lowest BCUT2D eigenvalue weighted by molar-refractivity contribution is 0.174. The number of aromatic nitrogens is 1. The average Bonchev–Trinajstić information content (AvgIpc) is 2.38.